The van der Waals surface area contributed by atoms with E-state index < -0.39 is 17.5 Å². The Bertz CT molecular complexity index is 516. The third kappa shape index (κ3) is 1.84. The summed E-state index contributed by atoms with van der Waals surface area (Å²) in [5.41, 5.74) is -0.297. The fourth-order valence-corrected chi connectivity index (χ4v) is 1.70. The van der Waals surface area contributed by atoms with Crippen LogP contribution in [-0.4, -0.2) is 27.4 Å². The van der Waals surface area contributed by atoms with Gasteiger partial charge in [0, 0.05) is 18.7 Å². The van der Waals surface area contributed by atoms with E-state index in [-0.39, 0.29) is 12.7 Å². The number of hydrogen-bond donors (Lipinski definition) is 2. The van der Waals surface area contributed by atoms with Gasteiger partial charge in [-0.15, -0.1) is 0 Å². The fourth-order valence-electron chi connectivity index (χ4n) is 1.70. The van der Waals surface area contributed by atoms with E-state index in [1.165, 1.54) is 16.8 Å². The Labute approximate surface area is 90.8 Å². The number of aromatic nitrogens is 2. The highest BCUT2D eigenvalue weighted by molar-refractivity contribution is 5.08. The molecule has 0 bridgehead atoms. The lowest BCUT2D eigenvalue weighted by molar-refractivity contribution is -0.0169. The summed E-state index contributed by atoms with van der Waals surface area (Å²) in [7, 11) is 0. The smallest absolute Gasteiger partial charge is 0.330 e. The average Bonchev–Trinajstić information content (AvgIpc) is 2.60. The van der Waals surface area contributed by atoms with Crippen LogP contribution in [0.2, 0.25) is 0 Å². The minimum absolute atomic E-state index is 0.117. The van der Waals surface area contributed by atoms with E-state index in [0.717, 1.165) is 0 Å². The summed E-state index contributed by atoms with van der Waals surface area (Å²) in [6.07, 6.45) is 0.918. The van der Waals surface area contributed by atoms with Gasteiger partial charge in [-0.1, -0.05) is 6.58 Å². The first-order chi connectivity index (χ1) is 7.61. The number of rotatable bonds is 2. The molecule has 1 aliphatic rings. The van der Waals surface area contributed by atoms with Crippen LogP contribution in [0.15, 0.2) is 34.0 Å². The standard InChI is InChI=1S/C10H12N2O4/c1-6-4-7(5-13)16-9(6)12-3-2-8(14)11-10(12)15/h2-3,7,9,13H,1,4-5H2,(H,11,14,15)/t7-,9+/m0/s1. The predicted molar refractivity (Wildman–Crippen MR) is 56.1 cm³/mol. The van der Waals surface area contributed by atoms with Crippen molar-refractivity contribution in [1.82, 2.24) is 9.55 Å². The summed E-state index contributed by atoms with van der Waals surface area (Å²) in [4.78, 5) is 24.5. The Hall–Kier alpha value is -1.66. The van der Waals surface area contributed by atoms with Gasteiger partial charge in [-0.3, -0.25) is 14.3 Å². The highest BCUT2D eigenvalue weighted by Gasteiger charge is 2.30. The second-order valence-electron chi connectivity index (χ2n) is 3.67. The van der Waals surface area contributed by atoms with Crippen molar-refractivity contribution in [2.45, 2.75) is 18.8 Å². The molecular weight excluding hydrogens is 212 g/mol. The summed E-state index contributed by atoms with van der Waals surface area (Å²) in [6, 6.07) is 1.24. The third-order valence-electron chi connectivity index (χ3n) is 2.47. The second kappa shape index (κ2) is 4.07. The van der Waals surface area contributed by atoms with Gasteiger partial charge in [-0.25, -0.2) is 4.79 Å². The van der Waals surface area contributed by atoms with Gasteiger partial charge in [0.15, 0.2) is 6.23 Å². The lowest BCUT2D eigenvalue weighted by atomic mass is 10.2. The van der Waals surface area contributed by atoms with E-state index in [1.807, 2.05) is 0 Å². The number of aliphatic hydroxyl groups is 1. The summed E-state index contributed by atoms with van der Waals surface area (Å²) >= 11 is 0. The van der Waals surface area contributed by atoms with Crippen LogP contribution < -0.4 is 11.2 Å². The summed E-state index contributed by atoms with van der Waals surface area (Å²) in [5.74, 6) is 0. The zero-order valence-corrected chi connectivity index (χ0v) is 8.55. The van der Waals surface area contributed by atoms with Crippen molar-refractivity contribution in [3.05, 3.63) is 45.3 Å². The summed E-state index contributed by atoms with van der Waals surface area (Å²) in [6.45, 7) is 3.67. The highest BCUT2D eigenvalue weighted by atomic mass is 16.5. The Morgan fingerprint density at radius 1 is 1.62 bits per heavy atom. The molecule has 2 atom stereocenters. The monoisotopic (exact) mass is 224 g/mol. The van der Waals surface area contributed by atoms with Crippen molar-refractivity contribution in [2.24, 2.45) is 0 Å². The quantitative estimate of drug-likeness (QED) is 0.655. The Balaban J connectivity index is 2.35. The second-order valence-corrected chi connectivity index (χ2v) is 3.67. The van der Waals surface area contributed by atoms with Gasteiger partial charge in [0.25, 0.3) is 5.56 Å². The van der Waals surface area contributed by atoms with Crippen molar-refractivity contribution in [3.63, 3.8) is 0 Å². The maximum atomic E-state index is 11.5. The molecule has 16 heavy (non-hydrogen) atoms. The number of ether oxygens (including phenoxy) is 1. The van der Waals surface area contributed by atoms with E-state index in [9.17, 15) is 9.59 Å². The molecule has 0 saturated carbocycles. The van der Waals surface area contributed by atoms with E-state index in [0.29, 0.717) is 12.0 Å². The van der Waals surface area contributed by atoms with Gasteiger partial charge in [0.2, 0.25) is 0 Å². The first-order valence-electron chi connectivity index (χ1n) is 4.87. The van der Waals surface area contributed by atoms with Crippen LogP contribution in [0.3, 0.4) is 0 Å². The first kappa shape index (κ1) is 10.8. The molecule has 2 heterocycles. The Morgan fingerprint density at radius 3 is 2.94 bits per heavy atom. The predicted octanol–water partition coefficient (Wildman–Crippen LogP) is -0.627. The van der Waals surface area contributed by atoms with Crippen LogP contribution in [0.5, 0.6) is 0 Å². The number of hydrogen-bond acceptors (Lipinski definition) is 4. The lowest BCUT2D eigenvalue weighted by Crippen LogP contribution is -2.32. The topological polar surface area (TPSA) is 84.3 Å². The molecule has 1 aliphatic heterocycles. The van der Waals surface area contributed by atoms with Crippen molar-refractivity contribution in [2.75, 3.05) is 6.61 Å². The van der Waals surface area contributed by atoms with Crippen molar-refractivity contribution in [3.8, 4) is 0 Å². The van der Waals surface area contributed by atoms with Crippen LogP contribution >= 0.6 is 0 Å². The van der Waals surface area contributed by atoms with Crippen molar-refractivity contribution >= 4 is 0 Å². The molecule has 1 fully saturated rings. The molecule has 0 aromatic carbocycles. The van der Waals surface area contributed by atoms with Gasteiger partial charge in [-0.2, -0.15) is 0 Å². The molecule has 2 rings (SSSR count). The maximum Gasteiger partial charge on any atom is 0.330 e. The van der Waals surface area contributed by atoms with E-state index in [4.69, 9.17) is 9.84 Å². The van der Waals surface area contributed by atoms with E-state index in [1.54, 1.807) is 0 Å². The van der Waals surface area contributed by atoms with Crippen LogP contribution in [0.25, 0.3) is 0 Å². The molecule has 86 valence electrons. The molecule has 1 aromatic heterocycles. The van der Waals surface area contributed by atoms with Crippen LogP contribution in [0.1, 0.15) is 12.6 Å². The number of nitrogens with one attached hydrogen (secondary N) is 1. The maximum absolute atomic E-state index is 11.5. The molecule has 0 unspecified atom stereocenters. The van der Waals surface area contributed by atoms with Crippen LogP contribution in [0.4, 0.5) is 0 Å². The normalized spacial score (nSPS) is 24.9. The number of aliphatic hydroxyl groups excluding tert-OH is 1. The molecule has 0 aliphatic carbocycles. The molecule has 6 heteroatoms. The number of aromatic amines is 1. The SMILES string of the molecule is C=C1C[C@@H](CO)O[C@H]1n1ccc(=O)[nH]c1=O. The molecule has 0 spiro atoms. The molecule has 0 amide bonds. The molecule has 2 N–H and O–H groups in total. The zero-order valence-electron chi connectivity index (χ0n) is 8.55. The van der Waals surface area contributed by atoms with Gasteiger partial charge < -0.3 is 9.84 Å². The molecule has 6 nitrogen and oxygen atoms in total. The fraction of sp³-hybridized carbons (Fsp3) is 0.400. The third-order valence-corrected chi connectivity index (χ3v) is 2.47. The highest BCUT2D eigenvalue weighted by Crippen LogP contribution is 2.30. The molecule has 1 saturated heterocycles. The number of H-pyrrole nitrogens is 1. The van der Waals surface area contributed by atoms with E-state index >= 15 is 0 Å². The van der Waals surface area contributed by atoms with E-state index in [2.05, 4.69) is 11.6 Å². The van der Waals surface area contributed by atoms with Crippen molar-refractivity contribution < 1.29 is 9.84 Å². The first-order valence-corrected chi connectivity index (χ1v) is 4.87. The minimum atomic E-state index is -0.610. The minimum Gasteiger partial charge on any atom is -0.394 e. The molecule has 0 radical (unpaired) electrons. The summed E-state index contributed by atoms with van der Waals surface area (Å²) < 4.78 is 6.67. The molecule has 1 aromatic rings. The molecular formula is C10H12N2O4. The van der Waals surface area contributed by atoms with Gasteiger partial charge in [-0.05, 0) is 5.57 Å². The lowest BCUT2D eigenvalue weighted by Gasteiger charge is -2.14. The summed E-state index contributed by atoms with van der Waals surface area (Å²) in [5, 5.41) is 8.95. The van der Waals surface area contributed by atoms with Crippen LogP contribution in [0, 0.1) is 0 Å². The Morgan fingerprint density at radius 2 is 2.38 bits per heavy atom. The Kier molecular flexibility index (Phi) is 2.76. The van der Waals surface area contributed by atoms with Gasteiger partial charge in [0.1, 0.15) is 0 Å². The van der Waals surface area contributed by atoms with Gasteiger partial charge in [0.05, 0.1) is 12.7 Å². The average molecular weight is 224 g/mol. The largest absolute Gasteiger partial charge is 0.394 e. The van der Waals surface area contributed by atoms with Crippen LogP contribution in [-0.2, 0) is 4.74 Å². The van der Waals surface area contributed by atoms with Crippen molar-refractivity contribution in [1.29, 1.82) is 0 Å². The number of nitrogens with zero attached hydrogens (tertiary/aromatic N) is 1. The van der Waals surface area contributed by atoms with Gasteiger partial charge >= 0.3 is 5.69 Å². The zero-order chi connectivity index (χ0) is 11.7.